The number of thioether (sulfide) groups is 1. The van der Waals surface area contributed by atoms with Crippen molar-refractivity contribution in [3.05, 3.63) is 84.6 Å². The summed E-state index contributed by atoms with van der Waals surface area (Å²) in [5.41, 5.74) is 5.09. The van der Waals surface area contributed by atoms with Crippen molar-refractivity contribution in [3.63, 3.8) is 0 Å². The Bertz CT molecular complexity index is 1520. The number of nitrogens with zero attached hydrogens (tertiary/aromatic N) is 6. The number of fused-ring (bicyclic) bond motifs is 1. The molecule has 1 saturated carbocycles. The Balaban J connectivity index is 1.39. The molecule has 0 radical (unpaired) electrons. The SMILES string of the molecule is C=CCn1c(SCc2nnc(C3CC3)o2)nnc1-c1cc(-c2ccc(C)cc2)nc2ccccc12. The van der Waals surface area contributed by atoms with Crippen LogP contribution in [0, 0.1) is 6.92 Å². The lowest BCUT2D eigenvalue weighted by Crippen LogP contribution is -2.02. The maximum atomic E-state index is 5.82. The summed E-state index contributed by atoms with van der Waals surface area (Å²) in [5.74, 6) is 3.13. The number of hydrogen-bond donors (Lipinski definition) is 0. The highest BCUT2D eigenvalue weighted by Gasteiger charge is 2.29. The van der Waals surface area contributed by atoms with Crippen molar-refractivity contribution in [1.82, 2.24) is 29.9 Å². The Kier molecular flexibility index (Phi) is 5.66. The summed E-state index contributed by atoms with van der Waals surface area (Å²) < 4.78 is 7.90. The summed E-state index contributed by atoms with van der Waals surface area (Å²) in [7, 11) is 0. The zero-order valence-corrected chi connectivity index (χ0v) is 20.2. The van der Waals surface area contributed by atoms with E-state index in [4.69, 9.17) is 9.40 Å². The number of rotatable bonds is 8. The van der Waals surface area contributed by atoms with Gasteiger partial charge >= 0.3 is 0 Å². The van der Waals surface area contributed by atoms with Crippen LogP contribution in [-0.2, 0) is 12.3 Å². The Hall–Kier alpha value is -3.78. The van der Waals surface area contributed by atoms with E-state index in [-0.39, 0.29) is 0 Å². The number of pyridine rings is 1. The number of hydrogen-bond acceptors (Lipinski definition) is 7. The van der Waals surface area contributed by atoms with E-state index < -0.39 is 0 Å². The summed E-state index contributed by atoms with van der Waals surface area (Å²) >= 11 is 1.54. The van der Waals surface area contributed by atoms with Gasteiger partial charge in [-0.15, -0.1) is 27.0 Å². The first-order chi connectivity index (χ1) is 17.2. The number of allylic oxidation sites excluding steroid dienone is 1. The molecule has 0 aliphatic heterocycles. The van der Waals surface area contributed by atoms with Gasteiger partial charge < -0.3 is 4.42 Å². The molecule has 0 unspecified atom stereocenters. The minimum atomic E-state index is 0.444. The van der Waals surface area contributed by atoms with Gasteiger partial charge in [-0.1, -0.05) is 65.9 Å². The van der Waals surface area contributed by atoms with Crippen LogP contribution < -0.4 is 0 Å². The fourth-order valence-corrected chi connectivity index (χ4v) is 4.85. The molecule has 35 heavy (non-hydrogen) atoms. The lowest BCUT2D eigenvalue weighted by atomic mass is 10.0. The third-order valence-electron chi connectivity index (χ3n) is 6.07. The highest BCUT2D eigenvalue weighted by molar-refractivity contribution is 7.98. The number of aryl methyl sites for hydroxylation is 1. The van der Waals surface area contributed by atoms with Gasteiger partial charge in [-0.25, -0.2) is 4.98 Å². The molecule has 2 aromatic carbocycles. The molecule has 0 atom stereocenters. The van der Waals surface area contributed by atoms with Crippen LogP contribution in [0.25, 0.3) is 33.5 Å². The van der Waals surface area contributed by atoms with Gasteiger partial charge in [0.1, 0.15) is 0 Å². The maximum absolute atomic E-state index is 5.82. The normalized spacial score (nSPS) is 13.4. The molecule has 6 rings (SSSR count). The Morgan fingerprint density at radius 3 is 2.69 bits per heavy atom. The van der Waals surface area contributed by atoms with Gasteiger partial charge in [-0.2, -0.15) is 0 Å². The summed E-state index contributed by atoms with van der Waals surface area (Å²) in [6.45, 7) is 6.62. The summed E-state index contributed by atoms with van der Waals surface area (Å²) in [4.78, 5) is 4.93. The summed E-state index contributed by atoms with van der Waals surface area (Å²) in [6, 6.07) is 18.7. The molecule has 0 N–H and O–H groups in total. The van der Waals surface area contributed by atoms with E-state index in [0.29, 0.717) is 24.1 Å². The molecule has 5 aromatic rings. The van der Waals surface area contributed by atoms with Gasteiger partial charge in [0, 0.05) is 29.0 Å². The Labute approximate surface area is 207 Å². The van der Waals surface area contributed by atoms with Crippen molar-refractivity contribution < 1.29 is 4.42 Å². The second kappa shape index (κ2) is 9.11. The van der Waals surface area contributed by atoms with Crippen LogP contribution in [0.5, 0.6) is 0 Å². The average Bonchev–Trinajstić information content (AvgIpc) is 3.50. The minimum absolute atomic E-state index is 0.444. The van der Waals surface area contributed by atoms with Crippen LogP contribution in [0.1, 0.15) is 36.1 Å². The van der Waals surface area contributed by atoms with Crippen LogP contribution in [0.2, 0.25) is 0 Å². The second-order valence-corrected chi connectivity index (χ2v) is 9.68. The van der Waals surface area contributed by atoms with Crippen LogP contribution in [0.15, 0.2) is 76.8 Å². The van der Waals surface area contributed by atoms with Gasteiger partial charge in [0.25, 0.3) is 0 Å². The lowest BCUT2D eigenvalue weighted by Gasteiger charge is -2.12. The van der Waals surface area contributed by atoms with E-state index >= 15 is 0 Å². The van der Waals surface area contributed by atoms with Gasteiger partial charge in [-0.3, -0.25) is 4.57 Å². The highest BCUT2D eigenvalue weighted by Crippen LogP contribution is 2.39. The van der Waals surface area contributed by atoms with Crippen LogP contribution in [0.3, 0.4) is 0 Å². The van der Waals surface area contributed by atoms with E-state index in [9.17, 15) is 0 Å². The molecule has 3 aromatic heterocycles. The van der Waals surface area contributed by atoms with Gasteiger partial charge in [0.05, 0.1) is 17.0 Å². The Morgan fingerprint density at radius 2 is 1.89 bits per heavy atom. The van der Waals surface area contributed by atoms with Crippen molar-refractivity contribution in [2.45, 2.75) is 43.1 Å². The third kappa shape index (κ3) is 4.37. The molecule has 3 heterocycles. The van der Waals surface area contributed by atoms with Crippen LogP contribution in [0.4, 0.5) is 0 Å². The maximum Gasteiger partial charge on any atom is 0.226 e. The minimum Gasteiger partial charge on any atom is -0.424 e. The van der Waals surface area contributed by atoms with Crippen molar-refractivity contribution >= 4 is 22.7 Å². The smallest absolute Gasteiger partial charge is 0.226 e. The molecule has 8 heteroatoms. The molecular formula is C27H24N6OS. The Morgan fingerprint density at radius 1 is 1.06 bits per heavy atom. The zero-order chi connectivity index (χ0) is 23.8. The first-order valence-corrected chi connectivity index (χ1v) is 12.6. The average molecular weight is 481 g/mol. The van der Waals surface area contributed by atoms with Crippen molar-refractivity contribution in [2.24, 2.45) is 0 Å². The second-order valence-electron chi connectivity index (χ2n) is 8.74. The molecule has 0 amide bonds. The van der Waals surface area contributed by atoms with Crippen LogP contribution >= 0.6 is 11.8 Å². The predicted molar refractivity (Wildman–Crippen MR) is 137 cm³/mol. The molecule has 7 nitrogen and oxygen atoms in total. The van der Waals surface area contributed by atoms with Gasteiger partial charge in [0.2, 0.25) is 11.8 Å². The summed E-state index contributed by atoms with van der Waals surface area (Å²) in [5, 5.41) is 19.3. The standard InChI is InChI=1S/C27H24N6OS/c1-3-14-33-25(30-32-27(33)35-16-24-29-31-26(34-24)19-12-13-19)21-15-23(18-10-8-17(2)9-11-18)28-22-7-5-4-6-20(21)22/h3-11,15,19H,1,12-14,16H2,2H3. The molecule has 0 bridgehead atoms. The molecule has 174 valence electrons. The topological polar surface area (TPSA) is 82.5 Å². The third-order valence-corrected chi connectivity index (χ3v) is 7.02. The number of para-hydroxylation sites is 1. The summed E-state index contributed by atoms with van der Waals surface area (Å²) in [6.07, 6.45) is 4.13. The van der Waals surface area contributed by atoms with Crippen molar-refractivity contribution in [2.75, 3.05) is 0 Å². The fourth-order valence-electron chi connectivity index (χ4n) is 4.07. The molecular weight excluding hydrogens is 456 g/mol. The zero-order valence-electron chi connectivity index (χ0n) is 19.4. The fraction of sp³-hybridized carbons (Fsp3) is 0.222. The first kappa shape index (κ1) is 21.7. The number of aromatic nitrogens is 6. The van der Waals surface area contributed by atoms with Gasteiger partial charge in [0.15, 0.2) is 11.0 Å². The van der Waals surface area contributed by atoms with Crippen LogP contribution in [-0.4, -0.2) is 29.9 Å². The quantitative estimate of drug-likeness (QED) is 0.193. The lowest BCUT2D eigenvalue weighted by molar-refractivity contribution is 0.466. The number of benzene rings is 2. The largest absolute Gasteiger partial charge is 0.424 e. The predicted octanol–water partition coefficient (Wildman–Crippen LogP) is 6.21. The van der Waals surface area contributed by atoms with E-state index in [1.54, 1.807) is 0 Å². The first-order valence-electron chi connectivity index (χ1n) is 11.7. The highest BCUT2D eigenvalue weighted by atomic mass is 32.2. The van der Waals surface area contributed by atoms with Crippen molar-refractivity contribution in [1.29, 1.82) is 0 Å². The molecule has 0 saturated heterocycles. The van der Waals surface area contributed by atoms with E-state index in [1.165, 1.54) is 17.3 Å². The van der Waals surface area contributed by atoms with Gasteiger partial charge in [-0.05, 0) is 31.9 Å². The van der Waals surface area contributed by atoms with Crippen molar-refractivity contribution in [3.8, 4) is 22.6 Å². The molecule has 1 aliphatic rings. The molecule has 1 aliphatic carbocycles. The molecule has 1 fully saturated rings. The molecule has 0 spiro atoms. The van der Waals surface area contributed by atoms with E-state index in [0.717, 1.165) is 57.4 Å². The van der Waals surface area contributed by atoms with E-state index in [1.807, 2.05) is 24.3 Å². The monoisotopic (exact) mass is 480 g/mol. The van der Waals surface area contributed by atoms with E-state index in [2.05, 4.69) is 74.9 Å².